The van der Waals surface area contributed by atoms with E-state index in [1.54, 1.807) is 7.11 Å². The molecule has 1 fully saturated rings. The molecular formula is C12H15BrFNO3S. The van der Waals surface area contributed by atoms with Gasteiger partial charge < -0.3 is 4.74 Å². The second-order valence-corrected chi connectivity index (χ2v) is 7.24. The number of nitrogens with zero attached hydrogens (tertiary/aromatic N) is 1. The van der Waals surface area contributed by atoms with E-state index in [0.29, 0.717) is 30.4 Å². The summed E-state index contributed by atoms with van der Waals surface area (Å²) in [4.78, 5) is -0.280. The Morgan fingerprint density at radius 2 is 2.00 bits per heavy atom. The number of hydrogen-bond donors (Lipinski definition) is 0. The molecule has 0 bridgehead atoms. The van der Waals surface area contributed by atoms with Crippen LogP contribution in [0.25, 0.3) is 0 Å². The van der Waals surface area contributed by atoms with Crippen LogP contribution in [0, 0.1) is 5.82 Å². The van der Waals surface area contributed by atoms with Gasteiger partial charge in [-0.2, -0.15) is 4.31 Å². The third-order valence-electron chi connectivity index (χ3n) is 3.25. The average Bonchev–Trinajstić information content (AvgIpc) is 2.41. The van der Waals surface area contributed by atoms with Crippen molar-refractivity contribution in [3.63, 3.8) is 0 Å². The molecule has 1 aromatic carbocycles. The second kappa shape index (κ2) is 5.87. The number of benzene rings is 1. The molecule has 19 heavy (non-hydrogen) atoms. The standard InChI is InChI=1S/C12H15BrFNO3S/c1-18-10-4-6-15(7-5-10)19(16,17)12-8-9(13)2-3-11(12)14/h2-3,8,10H,4-7H2,1H3. The Hall–Kier alpha value is -0.500. The summed E-state index contributed by atoms with van der Waals surface area (Å²) in [5, 5.41) is 0. The SMILES string of the molecule is COC1CCN(S(=O)(=O)c2cc(Br)ccc2F)CC1. The van der Waals surface area contributed by atoms with Crippen molar-refractivity contribution in [1.82, 2.24) is 4.31 Å². The number of sulfonamides is 1. The molecule has 0 unspecified atom stereocenters. The van der Waals surface area contributed by atoms with Gasteiger partial charge in [-0.15, -0.1) is 0 Å². The first-order valence-electron chi connectivity index (χ1n) is 5.93. The Labute approximate surface area is 120 Å². The Bertz CT molecular complexity index is 556. The number of rotatable bonds is 3. The largest absolute Gasteiger partial charge is 0.381 e. The summed E-state index contributed by atoms with van der Waals surface area (Å²) >= 11 is 3.16. The van der Waals surface area contributed by atoms with Crippen LogP contribution in [0.15, 0.2) is 27.6 Å². The van der Waals surface area contributed by atoms with Crippen molar-refractivity contribution in [2.45, 2.75) is 23.8 Å². The van der Waals surface area contributed by atoms with Crippen molar-refractivity contribution >= 4 is 26.0 Å². The minimum absolute atomic E-state index is 0.0822. The van der Waals surface area contributed by atoms with Gasteiger partial charge in [-0.25, -0.2) is 12.8 Å². The van der Waals surface area contributed by atoms with Crippen LogP contribution in [-0.2, 0) is 14.8 Å². The van der Waals surface area contributed by atoms with Crippen LogP contribution in [-0.4, -0.2) is 39.0 Å². The van der Waals surface area contributed by atoms with Crippen LogP contribution in [0.4, 0.5) is 4.39 Å². The van der Waals surface area contributed by atoms with Crippen molar-refractivity contribution in [2.24, 2.45) is 0 Å². The third-order valence-corrected chi connectivity index (χ3v) is 5.65. The summed E-state index contributed by atoms with van der Waals surface area (Å²) in [6, 6.07) is 3.93. The lowest BCUT2D eigenvalue weighted by Gasteiger charge is -2.30. The first-order chi connectivity index (χ1) is 8.95. The molecule has 0 radical (unpaired) electrons. The maximum absolute atomic E-state index is 13.7. The lowest BCUT2D eigenvalue weighted by atomic mass is 10.1. The predicted molar refractivity (Wildman–Crippen MR) is 72.9 cm³/mol. The zero-order valence-corrected chi connectivity index (χ0v) is 12.9. The van der Waals surface area contributed by atoms with E-state index in [9.17, 15) is 12.8 Å². The fraction of sp³-hybridized carbons (Fsp3) is 0.500. The monoisotopic (exact) mass is 351 g/mol. The molecule has 0 amide bonds. The fourth-order valence-electron chi connectivity index (χ4n) is 2.12. The number of hydrogen-bond acceptors (Lipinski definition) is 3. The molecule has 1 aliphatic rings. The zero-order valence-electron chi connectivity index (χ0n) is 10.5. The second-order valence-electron chi connectivity index (χ2n) is 4.41. The quantitative estimate of drug-likeness (QED) is 0.839. The van der Waals surface area contributed by atoms with Crippen LogP contribution in [0.2, 0.25) is 0 Å². The highest BCUT2D eigenvalue weighted by atomic mass is 79.9. The lowest BCUT2D eigenvalue weighted by molar-refractivity contribution is 0.0604. The number of piperidine rings is 1. The lowest BCUT2D eigenvalue weighted by Crippen LogP contribution is -2.40. The van der Waals surface area contributed by atoms with E-state index < -0.39 is 15.8 Å². The Morgan fingerprint density at radius 3 is 2.58 bits per heavy atom. The normalized spacial score (nSPS) is 18.7. The van der Waals surface area contributed by atoms with Crippen molar-refractivity contribution < 1.29 is 17.5 Å². The number of ether oxygens (including phenoxy) is 1. The summed E-state index contributed by atoms with van der Waals surface area (Å²) in [5.74, 6) is -0.725. The molecule has 0 atom stereocenters. The topological polar surface area (TPSA) is 46.6 Å². The van der Waals surface area contributed by atoms with Gasteiger partial charge in [-0.05, 0) is 31.0 Å². The van der Waals surface area contributed by atoms with E-state index in [4.69, 9.17) is 4.74 Å². The van der Waals surface area contributed by atoms with E-state index in [-0.39, 0.29) is 11.0 Å². The van der Waals surface area contributed by atoms with Crippen LogP contribution >= 0.6 is 15.9 Å². The van der Waals surface area contributed by atoms with Crippen LogP contribution in [0.3, 0.4) is 0 Å². The molecule has 2 rings (SSSR count). The summed E-state index contributed by atoms with van der Waals surface area (Å²) in [6.45, 7) is 0.708. The highest BCUT2D eigenvalue weighted by Crippen LogP contribution is 2.26. The van der Waals surface area contributed by atoms with Gasteiger partial charge in [0, 0.05) is 24.7 Å². The molecule has 0 N–H and O–H groups in total. The first kappa shape index (κ1) is 14.9. The first-order valence-corrected chi connectivity index (χ1v) is 8.16. The molecule has 106 valence electrons. The van der Waals surface area contributed by atoms with Crippen LogP contribution in [0.1, 0.15) is 12.8 Å². The Balaban J connectivity index is 2.26. The van der Waals surface area contributed by atoms with Gasteiger partial charge in [0.2, 0.25) is 10.0 Å². The van der Waals surface area contributed by atoms with Gasteiger partial charge in [0.1, 0.15) is 10.7 Å². The van der Waals surface area contributed by atoms with Gasteiger partial charge in [0.25, 0.3) is 0 Å². The van der Waals surface area contributed by atoms with Crippen molar-refractivity contribution in [3.05, 3.63) is 28.5 Å². The van der Waals surface area contributed by atoms with Gasteiger partial charge in [-0.3, -0.25) is 0 Å². The van der Waals surface area contributed by atoms with E-state index in [1.807, 2.05) is 0 Å². The predicted octanol–water partition coefficient (Wildman–Crippen LogP) is 2.39. The maximum Gasteiger partial charge on any atom is 0.246 e. The fourth-order valence-corrected chi connectivity index (χ4v) is 4.19. The molecule has 1 heterocycles. The molecule has 0 aromatic heterocycles. The highest BCUT2D eigenvalue weighted by molar-refractivity contribution is 9.10. The molecule has 0 saturated carbocycles. The van der Waals surface area contributed by atoms with Gasteiger partial charge in [0.05, 0.1) is 6.10 Å². The minimum atomic E-state index is -3.77. The highest BCUT2D eigenvalue weighted by Gasteiger charge is 2.31. The van der Waals surface area contributed by atoms with Gasteiger partial charge in [0.15, 0.2) is 0 Å². The third kappa shape index (κ3) is 3.16. The smallest absolute Gasteiger partial charge is 0.246 e. The van der Waals surface area contributed by atoms with E-state index in [2.05, 4.69) is 15.9 Å². The molecular weight excluding hydrogens is 337 g/mol. The molecule has 1 saturated heterocycles. The maximum atomic E-state index is 13.7. The van der Waals surface area contributed by atoms with Crippen LogP contribution in [0.5, 0.6) is 0 Å². The molecule has 4 nitrogen and oxygen atoms in total. The Morgan fingerprint density at radius 1 is 1.37 bits per heavy atom. The molecule has 1 aromatic rings. The van der Waals surface area contributed by atoms with Crippen molar-refractivity contribution in [1.29, 1.82) is 0 Å². The van der Waals surface area contributed by atoms with E-state index in [1.165, 1.54) is 16.4 Å². The zero-order chi connectivity index (χ0) is 14.0. The van der Waals surface area contributed by atoms with E-state index >= 15 is 0 Å². The van der Waals surface area contributed by atoms with Crippen molar-refractivity contribution in [2.75, 3.05) is 20.2 Å². The molecule has 0 aliphatic carbocycles. The van der Waals surface area contributed by atoms with E-state index in [0.717, 1.165) is 6.07 Å². The average molecular weight is 352 g/mol. The molecule has 7 heteroatoms. The Kier molecular flexibility index (Phi) is 4.60. The summed E-state index contributed by atoms with van der Waals surface area (Å²) in [6.07, 6.45) is 1.34. The summed E-state index contributed by atoms with van der Waals surface area (Å²) in [5.41, 5.74) is 0. The molecule has 0 spiro atoms. The summed E-state index contributed by atoms with van der Waals surface area (Å²) in [7, 11) is -2.16. The van der Waals surface area contributed by atoms with Gasteiger partial charge in [-0.1, -0.05) is 15.9 Å². The number of halogens is 2. The van der Waals surface area contributed by atoms with Crippen molar-refractivity contribution in [3.8, 4) is 0 Å². The number of methoxy groups -OCH3 is 1. The minimum Gasteiger partial charge on any atom is -0.381 e. The van der Waals surface area contributed by atoms with Gasteiger partial charge >= 0.3 is 0 Å². The summed E-state index contributed by atoms with van der Waals surface area (Å²) < 4.78 is 45.5. The molecule has 1 aliphatic heterocycles. The van der Waals surface area contributed by atoms with Crippen LogP contribution < -0.4 is 0 Å².